The van der Waals surface area contributed by atoms with Crippen molar-refractivity contribution >= 4 is 0 Å². The number of hydrogen-bond acceptors (Lipinski definition) is 0. The van der Waals surface area contributed by atoms with Gasteiger partial charge < -0.3 is 0 Å². The summed E-state index contributed by atoms with van der Waals surface area (Å²) in [7, 11) is 0. The van der Waals surface area contributed by atoms with E-state index >= 15 is 0 Å². The Hall–Kier alpha value is -1.44. The Kier molecular flexibility index (Phi) is 4.23. The minimum atomic E-state index is -0.482. The molecule has 0 N–H and O–H groups in total. The van der Waals surface area contributed by atoms with Crippen LogP contribution in [0.4, 0.5) is 8.78 Å². The van der Waals surface area contributed by atoms with E-state index in [9.17, 15) is 8.78 Å². The van der Waals surface area contributed by atoms with Crippen LogP contribution in [0.1, 0.15) is 44.1 Å². The Labute approximate surface area is 125 Å². The highest BCUT2D eigenvalue weighted by Gasteiger charge is 2.31. The van der Waals surface area contributed by atoms with Gasteiger partial charge in [-0.05, 0) is 48.3 Å². The molecule has 0 spiro atoms. The van der Waals surface area contributed by atoms with Crippen LogP contribution in [-0.2, 0) is 0 Å². The predicted molar refractivity (Wildman–Crippen MR) is 82.0 cm³/mol. The van der Waals surface area contributed by atoms with Gasteiger partial charge in [-0.3, -0.25) is 0 Å². The molecule has 2 aliphatic carbocycles. The maximum absolute atomic E-state index is 13.5. The van der Waals surface area contributed by atoms with E-state index in [1.54, 1.807) is 0 Å². The zero-order chi connectivity index (χ0) is 14.8. The minimum Gasteiger partial charge on any atom is -0.207 e. The number of allylic oxidation sites excluding steroid dienone is 4. The quantitative estimate of drug-likeness (QED) is 0.663. The maximum atomic E-state index is 13.5. The molecule has 0 radical (unpaired) electrons. The molecule has 1 fully saturated rings. The van der Waals surface area contributed by atoms with Crippen molar-refractivity contribution in [2.24, 2.45) is 17.8 Å². The van der Waals surface area contributed by atoms with Crippen molar-refractivity contribution in [2.75, 3.05) is 0 Å². The van der Waals surface area contributed by atoms with Crippen molar-refractivity contribution in [3.8, 4) is 0 Å². The molecule has 1 aromatic rings. The van der Waals surface area contributed by atoms with Gasteiger partial charge in [0.1, 0.15) is 11.6 Å². The van der Waals surface area contributed by atoms with Gasteiger partial charge in [-0.1, -0.05) is 44.1 Å². The third kappa shape index (κ3) is 3.25. The predicted octanol–water partition coefficient (Wildman–Crippen LogP) is 5.62. The lowest BCUT2D eigenvalue weighted by molar-refractivity contribution is 0.228. The Morgan fingerprint density at radius 1 is 0.857 bits per heavy atom. The van der Waals surface area contributed by atoms with Crippen molar-refractivity contribution in [1.82, 2.24) is 0 Å². The molecular weight excluding hydrogens is 266 g/mol. The number of hydrogen-bond donors (Lipinski definition) is 0. The van der Waals surface area contributed by atoms with E-state index in [2.05, 4.69) is 25.2 Å². The molecule has 2 aliphatic rings. The summed E-state index contributed by atoms with van der Waals surface area (Å²) in [6, 6.07) is 3.91. The van der Waals surface area contributed by atoms with Crippen molar-refractivity contribution in [2.45, 2.75) is 38.5 Å². The summed E-state index contributed by atoms with van der Waals surface area (Å²) in [6.07, 6.45) is 13.4. The second-order valence-electron chi connectivity index (χ2n) is 6.60. The molecule has 1 saturated carbocycles. The SMILES string of the molecule is CC1CCC(C2C=CC=CC2c2cc(F)cc(F)c2)CC1. The van der Waals surface area contributed by atoms with Crippen LogP contribution in [0.15, 0.2) is 42.5 Å². The first-order chi connectivity index (χ1) is 10.1. The first kappa shape index (κ1) is 14.5. The number of halogens is 2. The normalized spacial score (nSPS) is 32.3. The largest absolute Gasteiger partial charge is 0.207 e. The zero-order valence-electron chi connectivity index (χ0n) is 12.4. The van der Waals surface area contributed by atoms with Gasteiger partial charge in [0.25, 0.3) is 0 Å². The molecule has 0 heterocycles. The standard InChI is InChI=1S/C19H22F2/c1-13-6-8-14(9-7-13)18-4-2-3-5-19(18)15-10-16(20)12-17(21)11-15/h2-5,10-14,18-19H,6-9H2,1H3. The number of benzene rings is 1. The molecule has 112 valence electrons. The second-order valence-corrected chi connectivity index (χ2v) is 6.60. The van der Waals surface area contributed by atoms with Crippen LogP contribution in [0.5, 0.6) is 0 Å². The Morgan fingerprint density at radius 3 is 2.14 bits per heavy atom. The smallest absolute Gasteiger partial charge is 0.126 e. The molecule has 0 amide bonds. The molecule has 0 nitrogen and oxygen atoms in total. The summed E-state index contributed by atoms with van der Waals surface area (Å²) in [6.45, 7) is 2.31. The lowest BCUT2D eigenvalue weighted by Crippen LogP contribution is -2.25. The van der Waals surface area contributed by atoms with Gasteiger partial charge >= 0.3 is 0 Å². The van der Waals surface area contributed by atoms with E-state index in [1.807, 2.05) is 6.08 Å². The van der Waals surface area contributed by atoms with E-state index in [1.165, 1.54) is 37.8 Å². The van der Waals surface area contributed by atoms with Crippen LogP contribution in [0.25, 0.3) is 0 Å². The average Bonchev–Trinajstić information content (AvgIpc) is 2.47. The van der Waals surface area contributed by atoms with Gasteiger partial charge in [0, 0.05) is 12.0 Å². The van der Waals surface area contributed by atoms with E-state index in [0.29, 0.717) is 11.8 Å². The molecule has 21 heavy (non-hydrogen) atoms. The summed E-state index contributed by atoms with van der Waals surface area (Å²) >= 11 is 0. The average molecular weight is 288 g/mol. The molecule has 0 aliphatic heterocycles. The van der Waals surface area contributed by atoms with Gasteiger partial charge in [-0.2, -0.15) is 0 Å². The highest BCUT2D eigenvalue weighted by molar-refractivity contribution is 5.32. The number of rotatable bonds is 2. The third-order valence-electron chi connectivity index (χ3n) is 5.05. The van der Waals surface area contributed by atoms with Crippen LogP contribution in [0.2, 0.25) is 0 Å². The maximum Gasteiger partial charge on any atom is 0.126 e. The minimum absolute atomic E-state index is 0.0959. The van der Waals surface area contributed by atoms with Crippen molar-refractivity contribution in [1.29, 1.82) is 0 Å². The highest BCUT2D eigenvalue weighted by atomic mass is 19.1. The van der Waals surface area contributed by atoms with E-state index in [-0.39, 0.29) is 5.92 Å². The first-order valence-corrected chi connectivity index (χ1v) is 7.94. The molecule has 0 aromatic heterocycles. The summed E-state index contributed by atoms with van der Waals surface area (Å²) in [5.41, 5.74) is 0.761. The van der Waals surface area contributed by atoms with Crippen LogP contribution < -0.4 is 0 Å². The van der Waals surface area contributed by atoms with Gasteiger partial charge in [-0.25, -0.2) is 8.78 Å². The van der Waals surface area contributed by atoms with Crippen molar-refractivity contribution in [3.63, 3.8) is 0 Å². The van der Waals surface area contributed by atoms with E-state index in [4.69, 9.17) is 0 Å². The lowest BCUT2D eigenvalue weighted by atomic mass is 9.69. The van der Waals surface area contributed by atoms with Gasteiger partial charge in [0.2, 0.25) is 0 Å². The molecule has 0 bridgehead atoms. The fourth-order valence-electron chi connectivity index (χ4n) is 3.85. The second kappa shape index (κ2) is 6.13. The van der Waals surface area contributed by atoms with E-state index < -0.39 is 11.6 Å². The Bertz CT molecular complexity index is 530. The first-order valence-electron chi connectivity index (χ1n) is 7.94. The summed E-state index contributed by atoms with van der Waals surface area (Å²) < 4.78 is 27.0. The molecule has 2 unspecified atom stereocenters. The Morgan fingerprint density at radius 2 is 1.48 bits per heavy atom. The van der Waals surface area contributed by atoms with Gasteiger partial charge in [-0.15, -0.1) is 0 Å². The topological polar surface area (TPSA) is 0 Å². The summed E-state index contributed by atoms with van der Waals surface area (Å²) in [4.78, 5) is 0. The molecule has 0 saturated heterocycles. The van der Waals surface area contributed by atoms with Crippen LogP contribution in [-0.4, -0.2) is 0 Å². The summed E-state index contributed by atoms with van der Waals surface area (Å²) in [5.74, 6) is 0.934. The lowest BCUT2D eigenvalue weighted by Gasteiger charge is -2.36. The zero-order valence-corrected chi connectivity index (χ0v) is 12.4. The molecule has 1 aromatic carbocycles. The summed E-state index contributed by atoms with van der Waals surface area (Å²) in [5, 5.41) is 0. The third-order valence-corrected chi connectivity index (χ3v) is 5.05. The molecule has 2 heteroatoms. The Balaban J connectivity index is 1.85. The molecule has 3 rings (SSSR count). The highest BCUT2D eigenvalue weighted by Crippen LogP contribution is 2.42. The van der Waals surface area contributed by atoms with E-state index in [0.717, 1.165) is 17.5 Å². The van der Waals surface area contributed by atoms with Crippen LogP contribution >= 0.6 is 0 Å². The van der Waals surface area contributed by atoms with Gasteiger partial charge in [0.15, 0.2) is 0 Å². The fourth-order valence-corrected chi connectivity index (χ4v) is 3.85. The monoisotopic (exact) mass is 288 g/mol. The fraction of sp³-hybridized carbons (Fsp3) is 0.474. The molecule has 2 atom stereocenters. The van der Waals surface area contributed by atoms with Gasteiger partial charge in [0.05, 0.1) is 0 Å². The van der Waals surface area contributed by atoms with Crippen molar-refractivity contribution in [3.05, 3.63) is 59.7 Å². The van der Waals surface area contributed by atoms with Crippen molar-refractivity contribution < 1.29 is 8.78 Å². The molecular formula is C19H22F2. The van der Waals surface area contributed by atoms with Crippen LogP contribution in [0.3, 0.4) is 0 Å². The van der Waals surface area contributed by atoms with Crippen LogP contribution in [0, 0.1) is 29.4 Å².